The van der Waals surface area contributed by atoms with E-state index < -0.39 is 11.8 Å². The summed E-state index contributed by atoms with van der Waals surface area (Å²) >= 11 is 0. The Bertz CT molecular complexity index is 1230. The summed E-state index contributed by atoms with van der Waals surface area (Å²) in [6, 6.07) is 16.6. The summed E-state index contributed by atoms with van der Waals surface area (Å²) in [4.78, 5) is 40.1. The van der Waals surface area contributed by atoms with Gasteiger partial charge in [-0.05, 0) is 24.3 Å². The highest BCUT2D eigenvalue weighted by Crippen LogP contribution is 2.26. The lowest BCUT2D eigenvalue weighted by Crippen LogP contribution is -2.42. The van der Waals surface area contributed by atoms with Gasteiger partial charge in [0.25, 0.3) is 11.8 Å². The smallest absolute Gasteiger partial charge is 0.282 e. The van der Waals surface area contributed by atoms with Gasteiger partial charge in [-0.2, -0.15) is 0 Å². The topological polar surface area (TPSA) is 83.9 Å². The molecule has 3 heterocycles. The maximum Gasteiger partial charge on any atom is 0.282 e. The van der Waals surface area contributed by atoms with Crippen LogP contribution in [-0.4, -0.2) is 53.5 Å². The molecule has 0 atom stereocenters. The Hall–Kier alpha value is -3.91. The number of para-hydroxylation sites is 2. The quantitative estimate of drug-likeness (QED) is 0.507. The molecule has 1 N–H and O–H groups in total. The number of ether oxygens (including phenoxy) is 1. The molecule has 8 nitrogen and oxygen atoms in total. The van der Waals surface area contributed by atoms with Crippen LogP contribution < -0.4 is 10.4 Å². The molecular weight excluding hydrogens is 408 g/mol. The predicted octanol–water partition coefficient (Wildman–Crippen LogP) is 1.96. The number of nitrogens with one attached hydrogen (secondary N) is 1. The monoisotopic (exact) mass is 430 g/mol. The molecule has 0 unspecified atom stereocenters. The third-order valence-corrected chi connectivity index (χ3v) is 5.69. The number of amides is 3. The number of carbonyl (C=O) groups excluding carboxylic acids is 3. The Morgan fingerprint density at radius 2 is 1.72 bits per heavy atom. The van der Waals surface area contributed by atoms with Gasteiger partial charge in [0.2, 0.25) is 5.91 Å². The standard InChI is InChI=1S/C24H22N4O4/c29-22(26-10-12-32-13-11-26)16-27-15-17(19-8-4-5-9-21(19)27)14-20-23(30)25-28(24(20)31)18-6-2-1-3-7-18/h1-9,14-15H,10-13,16H2,(H,25,30). The highest BCUT2D eigenvalue weighted by atomic mass is 16.5. The van der Waals surface area contributed by atoms with Gasteiger partial charge < -0.3 is 14.2 Å². The van der Waals surface area contributed by atoms with Crippen LogP contribution in [0.5, 0.6) is 0 Å². The highest BCUT2D eigenvalue weighted by molar-refractivity contribution is 6.32. The third kappa shape index (κ3) is 3.65. The number of hydrogen-bond acceptors (Lipinski definition) is 4. The molecule has 8 heteroatoms. The van der Waals surface area contributed by atoms with E-state index in [2.05, 4.69) is 5.43 Å². The van der Waals surface area contributed by atoms with E-state index in [0.717, 1.165) is 10.9 Å². The molecular formula is C24H22N4O4. The molecule has 162 valence electrons. The summed E-state index contributed by atoms with van der Waals surface area (Å²) in [5, 5.41) is 2.11. The van der Waals surface area contributed by atoms with Crippen LogP contribution in [0.2, 0.25) is 0 Å². The second-order valence-corrected chi connectivity index (χ2v) is 7.70. The second kappa shape index (κ2) is 8.32. The minimum absolute atomic E-state index is 0.0122. The van der Waals surface area contributed by atoms with E-state index >= 15 is 0 Å². The molecule has 2 aliphatic heterocycles. The van der Waals surface area contributed by atoms with Crippen molar-refractivity contribution in [3.8, 4) is 0 Å². The Labute approximate surface area is 184 Å². The SMILES string of the molecule is O=C1NN(c2ccccc2)C(=O)C1=Cc1cn(CC(=O)N2CCOCC2)c2ccccc12. The lowest BCUT2D eigenvalue weighted by atomic mass is 10.1. The molecule has 0 spiro atoms. The van der Waals surface area contributed by atoms with E-state index in [1.165, 1.54) is 5.01 Å². The van der Waals surface area contributed by atoms with E-state index in [1.54, 1.807) is 35.2 Å². The van der Waals surface area contributed by atoms with Crippen LogP contribution in [-0.2, 0) is 25.7 Å². The fourth-order valence-electron chi connectivity index (χ4n) is 4.05. The number of carbonyl (C=O) groups is 3. The van der Waals surface area contributed by atoms with Gasteiger partial charge in [-0.1, -0.05) is 36.4 Å². The first-order valence-electron chi connectivity index (χ1n) is 10.5. The van der Waals surface area contributed by atoms with E-state index in [9.17, 15) is 14.4 Å². The Balaban J connectivity index is 1.47. The normalized spacial score (nSPS) is 17.9. The van der Waals surface area contributed by atoms with Crippen LogP contribution in [0, 0.1) is 0 Å². The number of fused-ring (bicyclic) bond motifs is 1. The molecule has 2 aromatic carbocycles. The summed E-state index contributed by atoms with van der Waals surface area (Å²) in [6.45, 7) is 2.44. The number of anilines is 1. The first kappa shape index (κ1) is 20.0. The summed E-state index contributed by atoms with van der Waals surface area (Å²) in [6.07, 6.45) is 3.42. The van der Waals surface area contributed by atoms with Crippen molar-refractivity contribution >= 4 is 40.4 Å². The van der Waals surface area contributed by atoms with Crippen LogP contribution in [0.25, 0.3) is 17.0 Å². The fraction of sp³-hybridized carbons (Fsp3) is 0.208. The Morgan fingerprint density at radius 1 is 1.00 bits per heavy atom. The van der Waals surface area contributed by atoms with Gasteiger partial charge >= 0.3 is 0 Å². The van der Waals surface area contributed by atoms with Crippen molar-refractivity contribution in [1.29, 1.82) is 0 Å². The molecule has 0 bridgehead atoms. The number of aromatic nitrogens is 1. The van der Waals surface area contributed by atoms with E-state index in [0.29, 0.717) is 37.6 Å². The molecule has 32 heavy (non-hydrogen) atoms. The van der Waals surface area contributed by atoms with Gasteiger partial charge in [0.05, 0.1) is 18.9 Å². The minimum Gasteiger partial charge on any atom is -0.378 e. The van der Waals surface area contributed by atoms with Gasteiger partial charge in [0.1, 0.15) is 12.1 Å². The zero-order valence-corrected chi connectivity index (χ0v) is 17.4. The minimum atomic E-state index is -0.458. The molecule has 0 saturated carbocycles. The predicted molar refractivity (Wildman–Crippen MR) is 119 cm³/mol. The van der Waals surface area contributed by atoms with Gasteiger partial charge in [0.15, 0.2) is 0 Å². The fourth-order valence-corrected chi connectivity index (χ4v) is 4.05. The molecule has 3 aromatic rings. The van der Waals surface area contributed by atoms with E-state index in [-0.39, 0.29) is 18.0 Å². The van der Waals surface area contributed by atoms with E-state index in [1.807, 2.05) is 41.1 Å². The maximum atomic E-state index is 12.9. The van der Waals surface area contributed by atoms with Gasteiger partial charge in [-0.25, -0.2) is 5.01 Å². The maximum absolute atomic E-state index is 12.9. The first-order chi connectivity index (χ1) is 15.6. The second-order valence-electron chi connectivity index (χ2n) is 7.70. The van der Waals surface area contributed by atoms with Gasteiger partial charge in [-0.15, -0.1) is 0 Å². The Kier molecular flexibility index (Phi) is 5.20. The van der Waals surface area contributed by atoms with Crippen LogP contribution in [0.15, 0.2) is 66.4 Å². The van der Waals surface area contributed by atoms with Crippen LogP contribution in [0.3, 0.4) is 0 Å². The molecule has 2 fully saturated rings. The summed E-state index contributed by atoms with van der Waals surface area (Å²) in [7, 11) is 0. The van der Waals surface area contributed by atoms with Crippen molar-refractivity contribution in [3.63, 3.8) is 0 Å². The molecule has 3 amide bonds. The van der Waals surface area contributed by atoms with Crippen molar-refractivity contribution < 1.29 is 19.1 Å². The summed E-state index contributed by atoms with van der Waals surface area (Å²) < 4.78 is 7.19. The zero-order chi connectivity index (χ0) is 22.1. The summed E-state index contributed by atoms with van der Waals surface area (Å²) in [5.74, 6) is -0.860. The third-order valence-electron chi connectivity index (χ3n) is 5.69. The lowest BCUT2D eigenvalue weighted by molar-refractivity contribution is -0.135. The van der Waals surface area contributed by atoms with Gasteiger partial charge in [0, 0.05) is 35.8 Å². The van der Waals surface area contributed by atoms with E-state index in [4.69, 9.17) is 4.74 Å². The zero-order valence-electron chi connectivity index (χ0n) is 17.4. The summed E-state index contributed by atoms with van der Waals surface area (Å²) in [5.41, 5.74) is 4.84. The number of nitrogens with zero attached hydrogens (tertiary/aromatic N) is 3. The average molecular weight is 430 g/mol. The molecule has 2 saturated heterocycles. The van der Waals surface area contributed by atoms with Crippen molar-refractivity contribution in [2.45, 2.75) is 6.54 Å². The number of morpholine rings is 1. The molecule has 2 aliphatic rings. The highest BCUT2D eigenvalue weighted by Gasteiger charge is 2.34. The van der Waals surface area contributed by atoms with Crippen molar-refractivity contribution in [3.05, 3.63) is 71.9 Å². The number of benzene rings is 2. The molecule has 5 rings (SSSR count). The van der Waals surface area contributed by atoms with Crippen LogP contribution >= 0.6 is 0 Å². The average Bonchev–Trinajstić information content (AvgIpc) is 3.32. The first-order valence-corrected chi connectivity index (χ1v) is 10.5. The largest absolute Gasteiger partial charge is 0.378 e. The van der Waals surface area contributed by atoms with Crippen LogP contribution in [0.4, 0.5) is 5.69 Å². The Morgan fingerprint density at radius 3 is 2.50 bits per heavy atom. The van der Waals surface area contributed by atoms with Crippen molar-refractivity contribution in [2.75, 3.05) is 31.3 Å². The number of hydrazine groups is 1. The lowest BCUT2D eigenvalue weighted by Gasteiger charge is -2.27. The van der Waals surface area contributed by atoms with Crippen molar-refractivity contribution in [1.82, 2.24) is 14.9 Å². The van der Waals surface area contributed by atoms with Crippen LogP contribution in [0.1, 0.15) is 5.56 Å². The number of hydrogen-bond donors (Lipinski definition) is 1. The molecule has 0 radical (unpaired) electrons. The molecule has 1 aromatic heterocycles. The molecule has 0 aliphatic carbocycles. The van der Waals surface area contributed by atoms with Crippen molar-refractivity contribution in [2.24, 2.45) is 0 Å². The van der Waals surface area contributed by atoms with Gasteiger partial charge in [-0.3, -0.25) is 19.8 Å². The number of rotatable bonds is 4.